The minimum Gasteiger partial charge on any atom is -0.390 e. The fourth-order valence-corrected chi connectivity index (χ4v) is 1.55. The highest BCUT2D eigenvalue weighted by atomic mass is 16.7. The van der Waals surface area contributed by atoms with Gasteiger partial charge in [-0.05, 0) is 11.4 Å². The Balaban J connectivity index is 2.32. The lowest BCUT2D eigenvalue weighted by Crippen LogP contribution is -2.44. The van der Waals surface area contributed by atoms with Crippen LogP contribution in [0.2, 0.25) is 0 Å². The van der Waals surface area contributed by atoms with E-state index in [9.17, 15) is 5.11 Å². The van der Waals surface area contributed by atoms with Gasteiger partial charge in [-0.3, -0.25) is 0 Å². The van der Waals surface area contributed by atoms with Gasteiger partial charge in [-0.15, -0.1) is 0 Å². The Morgan fingerprint density at radius 2 is 2.27 bits per heavy atom. The predicted molar refractivity (Wildman–Crippen MR) is 54.0 cm³/mol. The van der Waals surface area contributed by atoms with Crippen LogP contribution in [0.1, 0.15) is 13.8 Å². The van der Waals surface area contributed by atoms with Crippen LogP contribution in [-0.2, 0) is 9.47 Å². The van der Waals surface area contributed by atoms with Gasteiger partial charge >= 0.3 is 0 Å². The van der Waals surface area contributed by atoms with E-state index >= 15 is 0 Å². The van der Waals surface area contributed by atoms with E-state index in [-0.39, 0.29) is 18.1 Å². The molecule has 6 heteroatoms. The van der Waals surface area contributed by atoms with Crippen molar-refractivity contribution in [3.8, 4) is 0 Å². The van der Waals surface area contributed by atoms with Crippen molar-refractivity contribution in [3.63, 3.8) is 0 Å². The maximum absolute atomic E-state index is 9.53. The van der Waals surface area contributed by atoms with Crippen molar-refractivity contribution in [2.75, 3.05) is 19.8 Å². The Morgan fingerprint density at radius 1 is 1.53 bits per heavy atom. The molecule has 1 unspecified atom stereocenters. The van der Waals surface area contributed by atoms with Crippen LogP contribution in [0, 0.1) is 11.8 Å². The number of ether oxygens (including phenoxy) is 2. The average Bonchev–Trinajstić information content (AvgIpc) is 2.24. The lowest BCUT2D eigenvalue weighted by atomic mass is 9.88. The van der Waals surface area contributed by atoms with Gasteiger partial charge in [0, 0.05) is 17.4 Å². The molecule has 0 bridgehead atoms. The van der Waals surface area contributed by atoms with Gasteiger partial charge in [0.2, 0.25) is 0 Å². The molecule has 1 aliphatic heterocycles. The molecule has 15 heavy (non-hydrogen) atoms. The van der Waals surface area contributed by atoms with Crippen LogP contribution in [0.25, 0.3) is 10.4 Å². The van der Waals surface area contributed by atoms with Crippen molar-refractivity contribution >= 4 is 0 Å². The number of hydrogen-bond donors (Lipinski definition) is 1. The topological polar surface area (TPSA) is 87.5 Å². The van der Waals surface area contributed by atoms with E-state index in [0.29, 0.717) is 19.8 Å². The molecule has 0 aromatic heterocycles. The van der Waals surface area contributed by atoms with Crippen LogP contribution in [0.3, 0.4) is 0 Å². The fraction of sp³-hybridized carbons (Fsp3) is 1.00. The number of nitrogens with zero attached hydrogens (tertiary/aromatic N) is 3. The van der Waals surface area contributed by atoms with E-state index in [0.717, 1.165) is 0 Å². The Hall–Kier alpha value is -0.810. The molecule has 1 fully saturated rings. The van der Waals surface area contributed by atoms with Crippen molar-refractivity contribution in [2.45, 2.75) is 26.2 Å². The van der Waals surface area contributed by atoms with E-state index in [2.05, 4.69) is 10.0 Å². The molecular weight excluding hydrogens is 198 g/mol. The monoisotopic (exact) mass is 215 g/mol. The molecule has 1 saturated heterocycles. The zero-order valence-corrected chi connectivity index (χ0v) is 9.04. The van der Waals surface area contributed by atoms with E-state index < -0.39 is 6.10 Å². The number of azide groups is 1. The highest BCUT2D eigenvalue weighted by Gasteiger charge is 2.34. The molecule has 1 heterocycles. The standard InChI is InChI=1S/C9H17N3O3/c1-6-7(2)9(15-5-8(6)13)14-4-3-11-12-10/h6-9,13H,3-5H2,1-2H3/t6?,7-,8+,9+/m0/s1. The van der Waals surface area contributed by atoms with Crippen LogP contribution in [-0.4, -0.2) is 37.3 Å². The summed E-state index contributed by atoms with van der Waals surface area (Å²) >= 11 is 0. The van der Waals surface area contributed by atoms with Crippen LogP contribution >= 0.6 is 0 Å². The Bertz CT molecular complexity index is 243. The van der Waals surface area contributed by atoms with Crippen molar-refractivity contribution in [1.29, 1.82) is 0 Å². The molecule has 0 saturated carbocycles. The number of aliphatic hydroxyl groups excluding tert-OH is 1. The first-order chi connectivity index (χ1) is 7.16. The molecule has 0 spiro atoms. The van der Waals surface area contributed by atoms with Crippen LogP contribution in [0.15, 0.2) is 5.11 Å². The molecular formula is C9H17N3O3. The predicted octanol–water partition coefficient (Wildman–Crippen LogP) is 1.30. The molecule has 0 aromatic carbocycles. The summed E-state index contributed by atoms with van der Waals surface area (Å²) in [5, 5.41) is 12.9. The average molecular weight is 215 g/mol. The Labute approximate surface area is 88.8 Å². The quantitative estimate of drug-likeness (QED) is 0.332. The minimum atomic E-state index is -0.419. The van der Waals surface area contributed by atoms with E-state index in [4.69, 9.17) is 15.0 Å². The summed E-state index contributed by atoms with van der Waals surface area (Å²) in [5.74, 6) is 0.294. The van der Waals surface area contributed by atoms with Crippen LogP contribution < -0.4 is 0 Å². The summed E-state index contributed by atoms with van der Waals surface area (Å²) in [7, 11) is 0. The molecule has 4 atom stereocenters. The molecule has 6 nitrogen and oxygen atoms in total. The summed E-state index contributed by atoms with van der Waals surface area (Å²) in [6.07, 6.45) is -0.728. The van der Waals surface area contributed by atoms with Gasteiger partial charge in [-0.25, -0.2) is 0 Å². The van der Waals surface area contributed by atoms with Gasteiger partial charge in [0.05, 0.1) is 19.3 Å². The molecule has 0 aromatic rings. The van der Waals surface area contributed by atoms with E-state index in [1.807, 2.05) is 13.8 Å². The molecule has 0 amide bonds. The largest absolute Gasteiger partial charge is 0.390 e. The summed E-state index contributed by atoms with van der Waals surface area (Å²) in [6.45, 7) is 4.91. The lowest BCUT2D eigenvalue weighted by Gasteiger charge is -2.37. The SMILES string of the molecule is CC1[C@H](O)CO[C@@H](OCCN=[N+]=[N-])[C@H]1C. The third kappa shape index (κ3) is 3.35. The zero-order valence-electron chi connectivity index (χ0n) is 9.04. The van der Waals surface area contributed by atoms with Gasteiger partial charge in [0.1, 0.15) is 0 Å². The van der Waals surface area contributed by atoms with Crippen molar-refractivity contribution in [2.24, 2.45) is 17.0 Å². The first kappa shape index (κ1) is 12.3. The molecule has 86 valence electrons. The van der Waals surface area contributed by atoms with E-state index in [1.165, 1.54) is 0 Å². The molecule has 1 rings (SSSR count). The number of aliphatic hydroxyl groups is 1. The Morgan fingerprint density at radius 3 is 2.93 bits per heavy atom. The smallest absolute Gasteiger partial charge is 0.160 e. The normalized spacial score (nSPS) is 35.9. The molecule has 0 radical (unpaired) electrons. The van der Waals surface area contributed by atoms with Gasteiger partial charge in [-0.1, -0.05) is 19.0 Å². The molecule has 1 aliphatic rings. The summed E-state index contributed by atoms with van der Waals surface area (Å²) < 4.78 is 10.8. The van der Waals surface area contributed by atoms with Gasteiger partial charge in [0.25, 0.3) is 0 Å². The van der Waals surface area contributed by atoms with Crippen LogP contribution in [0.4, 0.5) is 0 Å². The second kappa shape index (κ2) is 5.92. The van der Waals surface area contributed by atoms with Gasteiger partial charge in [0.15, 0.2) is 6.29 Å². The fourth-order valence-electron chi connectivity index (χ4n) is 1.55. The highest BCUT2D eigenvalue weighted by molar-refractivity contribution is 4.77. The first-order valence-electron chi connectivity index (χ1n) is 5.09. The zero-order chi connectivity index (χ0) is 11.3. The molecule has 1 N–H and O–H groups in total. The number of rotatable bonds is 4. The first-order valence-corrected chi connectivity index (χ1v) is 5.09. The summed E-state index contributed by atoms with van der Waals surface area (Å²) in [4.78, 5) is 2.63. The van der Waals surface area contributed by atoms with Crippen molar-refractivity contribution in [3.05, 3.63) is 10.4 Å². The lowest BCUT2D eigenvalue weighted by molar-refractivity contribution is -0.228. The summed E-state index contributed by atoms with van der Waals surface area (Å²) in [6, 6.07) is 0. The van der Waals surface area contributed by atoms with Gasteiger partial charge in [-0.2, -0.15) is 0 Å². The van der Waals surface area contributed by atoms with Gasteiger partial charge < -0.3 is 14.6 Å². The maximum Gasteiger partial charge on any atom is 0.160 e. The Kier molecular flexibility index (Phi) is 4.84. The molecule has 0 aliphatic carbocycles. The van der Waals surface area contributed by atoms with Crippen LogP contribution in [0.5, 0.6) is 0 Å². The summed E-state index contributed by atoms with van der Waals surface area (Å²) in [5.41, 5.74) is 8.07. The highest BCUT2D eigenvalue weighted by Crippen LogP contribution is 2.27. The second-order valence-electron chi connectivity index (χ2n) is 3.81. The second-order valence-corrected chi connectivity index (χ2v) is 3.81. The number of hydrogen-bond acceptors (Lipinski definition) is 4. The third-order valence-electron chi connectivity index (χ3n) is 2.83. The van der Waals surface area contributed by atoms with Crippen molar-refractivity contribution < 1.29 is 14.6 Å². The minimum absolute atomic E-state index is 0.139. The third-order valence-corrected chi connectivity index (χ3v) is 2.83. The maximum atomic E-state index is 9.53. The van der Waals surface area contributed by atoms with E-state index in [1.54, 1.807) is 0 Å². The van der Waals surface area contributed by atoms with Crippen molar-refractivity contribution in [1.82, 2.24) is 0 Å².